The number of hydrogen-bond acceptors (Lipinski definition) is 3. The smallest absolute Gasteiger partial charge is 0.281 e. The van der Waals surface area contributed by atoms with Crippen LogP contribution in [0.3, 0.4) is 0 Å². The first-order valence-electron chi connectivity index (χ1n) is 6.61. The summed E-state index contributed by atoms with van der Waals surface area (Å²) in [6.45, 7) is 5.82. The standard InChI is InChI=1S/C14H18ClN3O2S/c1-4-18(12-7-5-10(2)6-8-12)21(19,20)14-13(9-15)11(3)16-17-14/h5-8H,4,9H2,1-3H3,(H,16,17). The Balaban J connectivity index is 2.52. The van der Waals surface area contributed by atoms with Gasteiger partial charge in [0.15, 0.2) is 0 Å². The zero-order valence-electron chi connectivity index (χ0n) is 12.2. The van der Waals surface area contributed by atoms with Gasteiger partial charge in [0.2, 0.25) is 5.03 Å². The Bertz CT molecular complexity index is 723. The van der Waals surface area contributed by atoms with Crippen LogP contribution in [0.4, 0.5) is 5.69 Å². The Hall–Kier alpha value is -1.53. The van der Waals surface area contributed by atoms with Crippen LogP contribution in [0.25, 0.3) is 0 Å². The van der Waals surface area contributed by atoms with Crippen LogP contribution in [-0.2, 0) is 15.9 Å². The number of alkyl halides is 1. The molecule has 5 nitrogen and oxygen atoms in total. The Morgan fingerprint density at radius 1 is 1.24 bits per heavy atom. The number of sulfonamides is 1. The third kappa shape index (κ3) is 2.91. The van der Waals surface area contributed by atoms with E-state index in [1.165, 1.54) is 4.31 Å². The maximum Gasteiger partial charge on any atom is 0.283 e. The molecule has 21 heavy (non-hydrogen) atoms. The zero-order valence-corrected chi connectivity index (χ0v) is 13.8. The fourth-order valence-corrected chi connectivity index (χ4v) is 4.16. The van der Waals surface area contributed by atoms with Gasteiger partial charge in [-0.3, -0.25) is 9.40 Å². The quantitative estimate of drug-likeness (QED) is 0.858. The molecule has 114 valence electrons. The maximum atomic E-state index is 12.8. The predicted molar refractivity (Wildman–Crippen MR) is 84.3 cm³/mol. The van der Waals surface area contributed by atoms with E-state index in [9.17, 15) is 8.42 Å². The molecule has 0 radical (unpaired) electrons. The van der Waals surface area contributed by atoms with Gasteiger partial charge < -0.3 is 0 Å². The summed E-state index contributed by atoms with van der Waals surface area (Å²) in [5, 5.41) is 6.62. The summed E-state index contributed by atoms with van der Waals surface area (Å²) in [5.41, 5.74) is 2.87. The average Bonchev–Trinajstić information content (AvgIpc) is 2.83. The molecule has 0 saturated carbocycles. The molecule has 0 unspecified atom stereocenters. The number of aromatic nitrogens is 2. The van der Waals surface area contributed by atoms with Gasteiger partial charge in [-0.05, 0) is 32.9 Å². The Morgan fingerprint density at radius 2 is 1.86 bits per heavy atom. The van der Waals surface area contributed by atoms with Crippen LogP contribution < -0.4 is 4.31 Å². The lowest BCUT2D eigenvalue weighted by atomic mass is 10.2. The van der Waals surface area contributed by atoms with E-state index < -0.39 is 10.0 Å². The molecule has 1 N–H and O–H groups in total. The molecule has 2 aromatic rings. The first-order chi connectivity index (χ1) is 9.91. The maximum absolute atomic E-state index is 12.8. The number of aromatic amines is 1. The molecule has 2 rings (SSSR count). The third-order valence-electron chi connectivity index (χ3n) is 3.31. The molecule has 1 aromatic carbocycles. The van der Waals surface area contributed by atoms with Crippen LogP contribution >= 0.6 is 11.6 Å². The summed E-state index contributed by atoms with van der Waals surface area (Å²) >= 11 is 5.86. The van der Waals surface area contributed by atoms with Crippen molar-refractivity contribution in [2.75, 3.05) is 10.8 Å². The van der Waals surface area contributed by atoms with Gasteiger partial charge in [0.05, 0.1) is 11.6 Å². The SMILES string of the molecule is CCN(c1ccc(C)cc1)S(=O)(=O)c1n[nH]c(C)c1CCl. The molecule has 0 amide bonds. The number of halogens is 1. The lowest BCUT2D eigenvalue weighted by Crippen LogP contribution is -2.31. The topological polar surface area (TPSA) is 66.1 Å². The van der Waals surface area contributed by atoms with Crippen LogP contribution in [0.2, 0.25) is 0 Å². The van der Waals surface area contributed by atoms with Crippen molar-refractivity contribution in [1.82, 2.24) is 10.2 Å². The summed E-state index contributed by atoms with van der Waals surface area (Å²) in [4.78, 5) is 0. The molecule has 0 spiro atoms. The molecule has 0 aliphatic rings. The van der Waals surface area contributed by atoms with Gasteiger partial charge in [-0.15, -0.1) is 11.6 Å². The van der Waals surface area contributed by atoms with Gasteiger partial charge in [-0.25, -0.2) is 0 Å². The second-order valence-corrected chi connectivity index (χ2v) is 6.82. The molecular weight excluding hydrogens is 310 g/mol. The van der Waals surface area contributed by atoms with E-state index in [1.54, 1.807) is 26.0 Å². The summed E-state index contributed by atoms with van der Waals surface area (Å²) < 4.78 is 27.0. The van der Waals surface area contributed by atoms with Crippen molar-refractivity contribution in [1.29, 1.82) is 0 Å². The lowest BCUT2D eigenvalue weighted by Gasteiger charge is -2.22. The van der Waals surface area contributed by atoms with Crippen molar-refractivity contribution in [3.63, 3.8) is 0 Å². The van der Waals surface area contributed by atoms with Crippen molar-refractivity contribution in [2.24, 2.45) is 0 Å². The number of rotatable bonds is 5. The highest BCUT2D eigenvalue weighted by molar-refractivity contribution is 7.92. The van der Waals surface area contributed by atoms with Gasteiger partial charge in [0, 0.05) is 17.8 Å². The van der Waals surface area contributed by atoms with Gasteiger partial charge in [-0.2, -0.15) is 13.5 Å². The largest absolute Gasteiger partial charge is 0.283 e. The minimum Gasteiger partial charge on any atom is -0.281 e. The summed E-state index contributed by atoms with van der Waals surface area (Å²) in [7, 11) is -3.73. The zero-order chi connectivity index (χ0) is 15.6. The van der Waals surface area contributed by atoms with Gasteiger partial charge in [-0.1, -0.05) is 17.7 Å². The molecule has 1 aromatic heterocycles. The Morgan fingerprint density at radius 3 is 2.38 bits per heavy atom. The van der Waals surface area contributed by atoms with Crippen LogP contribution in [0.1, 0.15) is 23.7 Å². The summed E-state index contributed by atoms with van der Waals surface area (Å²) in [5.74, 6) is 0.0996. The molecule has 7 heteroatoms. The first-order valence-corrected chi connectivity index (χ1v) is 8.58. The summed E-state index contributed by atoms with van der Waals surface area (Å²) in [6.07, 6.45) is 0. The van der Waals surface area contributed by atoms with Crippen molar-refractivity contribution in [3.05, 3.63) is 41.1 Å². The van der Waals surface area contributed by atoms with Crippen LogP contribution in [0.15, 0.2) is 29.3 Å². The number of nitrogens with zero attached hydrogens (tertiary/aromatic N) is 2. The molecule has 0 fully saturated rings. The van der Waals surface area contributed by atoms with Crippen molar-refractivity contribution in [2.45, 2.75) is 31.7 Å². The number of benzene rings is 1. The van der Waals surface area contributed by atoms with Crippen molar-refractivity contribution in [3.8, 4) is 0 Å². The van der Waals surface area contributed by atoms with Crippen LogP contribution in [0, 0.1) is 13.8 Å². The number of H-pyrrole nitrogens is 1. The van der Waals surface area contributed by atoms with Crippen molar-refractivity contribution < 1.29 is 8.42 Å². The van der Waals surface area contributed by atoms with E-state index >= 15 is 0 Å². The molecule has 1 heterocycles. The molecule has 0 aliphatic carbocycles. The minimum atomic E-state index is -3.73. The highest BCUT2D eigenvalue weighted by Gasteiger charge is 2.29. The molecular formula is C14H18ClN3O2S. The van der Waals surface area contributed by atoms with Crippen molar-refractivity contribution >= 4 is 27.3 Å². The minimum absolute atomic E-state index is 0.00238. The number of anilines is 1. The van der Waals surface area contributed by atoms with Crippen LogP contribution in [-0.4, -0.2) is 25.2 Å². The summed E-state index contributed by atoms with van der Waals surface area (Å²) in [6, 6.07) is 7.34. The first kappa shape index (κ1) is 15.9. The van der Waals surface area contributed by atoms with Gasteiger partial charge in [0.1, 0.15) is 0 Å². The van der Waals surface area contributed by atoms with E-state index in [0.717, 1.165) is 5.56 Å². The van der Waals surface area contributed by atoms with E-state index in [1.807, 2.05) is 19.1 Å². The Labute approximate surface area is 130 Å². The van der Waals surface area contributed by atoms with E-state index in [-0.39, 0.29) is 10.9 Å². The third-order valence-corrected chi connectivity index (χ3v) is 5.46. The molecule has 0 saturated heterocycles. The second-order valence-electron chi connectivity index (χ2n) is 4.77. The average molecular weight is 328 g/mol. The van der Waals surface area contributed by atoms with Gasteiger partial charge >= 0.3 is 0 Å². The highest BCUT2D eigenvalue weighted by atomic mass is 35.5. The molecule has 0 bridgehead atoms. The van der Waals surface area contributed by atoms with E-state index in [0.29, 0.717) is 23.5 Å². The van der Waals surface area contributed by atoms with E-state index in [4.69, 9.17) is 11.6 Å². The van der Waals surface area contributed by atoms with E-state index in [2.05, 4.69) is 10.2 Å². The second kappa shape index (κ2) is 6.07. The fraction of sp³-hybridized carbons (Fsp3) is 0.357. The lowest BCUT2D eigenvalue weighted by molar-refractivity contribution is 0.587. The highest BCUT2D eigenvalue weighted by Crippen LogP contribution is 2.26. The molecule has 0 aliphatic heterocycles. The number of hydrogen-bond donors (Lipinski definition) is 1. The normalized spacial score (nSPS) is 11.6. The monoisotopic (exact) mass is 327 g/mol. The fourth-order valence-electron chi connectivity index (χ4n) is 2.11. The number of nitrogens with one attached hydrogen (secondary N) is 1. The predicted octanol–water partition coefficient (Wildman–Crippen LogP) is 2.98. The Kier molecular flexibility index (Phi) is 4.58. The van der Waals surface area contributed by atoms with Crippen LogP contribution in [0.5, 0.6) is 0 Å². The molecule has 0 atom stereocenters. The number of aryl methyl sites for hydroxylation is 2. The van der Waals surface area contributed by atoms with Gasteiger partial charge in [0.25, 0.3) is 10.0 Å².